The Labute approximate surface area is 201 Å². The molecule has 0 aliphatic carbocycles. The van der Waals surface area contributed by atoms with Gasteiger partial charge in [-0.15, -0.1) is 0 Å². The molecule has 4 nitrogen and oxygen atoms in total. The van der Waals surface area contributed by atoms with Crippen molar-refractivity contribution in [1.82, 2.24) is 0 Å². The summed E-state index contributed by atoms with van der Waals surface area (Å²) in [6.45, 7) is 2.96. The van der Waals surface area contributed by atoms with E-state index in [2.05, 4.69) is 82.6 Å². The number of benzene rings is 4. The first-order valence-electron chi connectivity index (χ1n) is 11.9. The minimum atomic E-state index is 0.594. The van der Waals surface area contributed by atoms with E-state index < -0.39 is 0 Å². The predicted molar refractivity (Wildman–Crippen MR) is 137 cm³/mol. The molecule has 4 aromatic rings. The monoisotopic (exact) mass is 448 g/mol. The summed E-state index contributed by atoms with van der Waals surface area (Å²) < 4.78 is 11.8. The average molecular weight is 449 g/mol. The average Bonchev–Trinajstić information content (AvgIpc) is 2.92. The van der Waals surface area contributed by atoms with E-state index in [1.807, 2.05) is 24.3 Å². The van der Waals surface area contributed by atoms with Crippen LogP contribution in [0.3, 0.4) is 0 Å². The summed E-state index contributed by atoms with van der Waals surface area (Å²) in [7, 11) is 0. The Hall–Kier alpha value is -3.92. The van der Waals surface area contributed by atoms with Crippen LogP contribution in [0.5, 0.6) is 11.5 Å². The van der Waals surface area contributed by atoms with Crippen LogP contribution in [-0.4, -0.2) is 13.5 Å². The van der Waals surface area contributed by atoms with E-state index in [9.17, 15) is 0 Å². The van der Waals surface area contributed by atoms with Gasteiger partial charge in [0.15, 0.2) is 13.5 Å². The number of rotatable bonds is 5. The van der Waals surface area contributed by atoms with Gasteiger partial charge in [-0.3, -0.25) is 0 Å². The molecule has 2 aliphatic rings. The van der Waals surface area contributed by atoms with Gasteiger partial charge in [0.2, 0.25) is 0 Å². The van der Waals surface area contributed by atoms with Gasteiger partial charge in [0.05, 0.1) is 0 Å². The Kier molecular flexibility index (Phi) is 5.56. The maximum absolute atomic E-state index is 5.91. The highest BCUT2D eigenvalue weighted by molar-refractivity contribution is 5.52. The minimum absolute atomic E-state index is 0.594. The molecule has 0 N–H and O–H groups in total. The minimum Gasteiger partial charge on any atom is -0.473 e. The molecule has 0 spiro atoms. The van der Waals surface area contributed by atoms with Crippen LogP contribution in [0, 0.1) is 0 Å². The first-order valence-corrected chi connectivity index (χ1v) is 11.9. The predicted octanol–water partition coefficient (Wildman–Crippen LogP) is 6.18. The molecular formula is C30H28N2O2. The van der Waals surface area contributed by atoms with E-state index in [0.717, 1.165) is 37.4 Å². The van der Waals surface area contributed by atoms with E-state index in [1.54, 1.807) is 0 Å². The highest BCUT2D eigenvalue weighted by Gasteiger charge is 2.18. The van der Waals surface area contributed by atoms with Crippen molar-refractivity contribution in [3.63, 3.8) is 0 Å². The van der Waals surface area contributed by atoms with Gasteiger partial charge in [-0.05, 0) is 60.4 Å². The van der Waals surface area contributed by atoms with Crippen molar-refractivity contribution in [1.29, 1.82) is 0 Å². The summed E-state index contributed by atoms with van der Waals surface area (Å²) in [5, 5.41) is 0. The molecule has 0 saturated heterocycles. The second kappa shape index (κ2) is 9.14. The molecule has 34 heavy (non-hydrogen) atoms. The van der Waals surface area contributed by atoms with Crippen molar-refractivity contribution in [2.75, 3.05) is 23.3 Å². The lowest BCUT2D eigenvalue weighted by atomic mass is 10.0. The van der Waals surface area contributed by atoms with Crippen molar-refractivity contribution in [2.24, 2.45) is 0 Å². The first kappa shape index (κ1) is 20.7. The quantitative estimate of drug-likeness (QED) is 0.364. The van der Waals surface area contributed by atoms with Gasteiger partial charge >= 0.3 is 0 Å². The molecule has 0 radical (unpaired) electrons. The fourth-order valence-corrected chi connectivity index (χ4v) is 4.72. The van der Waals surface area contributed by atoms with E-state index >= 15 is 0 Å². The fourth-order valence-electron chi connectivity index (χ4n) is 4.72. The van der Waals surface area contributed by atoms with Gasteiger partial charge in [-0.25, -0.2) is 0 Å². The molecule has 4 heteroatoms. The molecule has 0 unspecified atom stereocenters. The maximum Gasteiger partial charge on any atom is 0.161 e. The summed E-state index contributed by atoms with van der Waals surface area (Å²) in [6, 6.07) is 34.4. The number of hydrogen-bond donors (Lipinski definition) is 0. The number of anilines is 2. The first-order chi connectivity index (χ1) is 16.8. The number of aryl methyl sites for hydroxylation is 2. The lowest BCUT2D eigenvalue weighted by Crippen LogP contribution is -2.31. The fraction of sp³-hybridized carbons (Fsp3) is 0.200. The van der Waals surface area contributed by atoms with Crippen LogP contribution in [0.1, 0.15) is 22.3 Å². The zero-order chi connectivity index (χ0) is 22.7. The van der Waals surface area contributed by atoms with Crippen molar-refractivity contribution < 1.29 is 9.47 Å². The highest BCUT2D eigenvalue weighted by atomic mass is 16.5. The molecule has 0 atom stereocenters. The van der Waals surface area contributed by atoms with Crippen molar-refractivity contribution in [3.8, 4) is 11.5 Å². The second-order valence-corrected chi connectivity index (χ2v) is 8.99. The molecule has 0 amide bonds. The summed E-state index contributed by atoms with van der Waals surface area (Å²) in [4.78, 5) is 4.54. The van der Waals surface area contributed by atoms with Gasteiger partial charge in [-0.2, -0.15) is 0 Å². The Bertz CT molecular complexity index is 1170. The molecule has 2 aliphatic heterocycles. The van der Waals surface area contributed by atoms with Crippen LogP contribution in [0.4, 0.5) is 11.4 Å². The number of fused-ring (bicyclic) bond motifs is 2. The number of para-hydroxylation sites is 2. The Morgan fingerprint density at radius 2 is 0.912 bits per heavy atom. The molecular weight excluding hydrogens is 420 g/mol. The largest absolute Gasteiger partial charge is 0.473 e. The van der Waals surface area contributed by atoms with Gasteiger partial charge < -0.3 is 19.3 Å². The van der Waals surface area contributed by atoms with E-state index in [-0.39, 0.29) is 0 Å². The number of nitrogens with zero attached hydrogens (tertiary/aromatic N) is 2. The second-order valence-electron chi connectivity index (χ2n) is 8.99. The molecule has 0 aromatic heterocycles. The summed E-state index contributed by atoms with van der Waals surface area (Å²) in [5.74, 6) is 2.00. The standard InChI is InChI=1S/C30H28N2O2/c1-3-7-29-25(5-1)19-31(21-33-29)27-15-11-23(12-16-27)9-10-24-13-17-28(18-14-24)32-20-26-6-2-4-8-30(26)34-22-32/h1-8,11-18H,9-10,19-22H2. The molecule has 170 valence electrons. The van der Waals surface area contributed by atoms with E-state index in [0.29, 0.717) is 13.5 Å². The number of ether oxygens (including phenoxy) is 2. The summed E-state index contributed by atoms with van der Waals surface area (Å²) >= 11 is 0. The normalized spacial score (nSPS) is 14.6. The number of hydrogen-bond acceptors (Lipinski definition) is 4. The summed E-state index contributed by atoms with van der Waals surface area (Å²) in [5.41, 5.74) is 7.59. The van der Waals surface area contributed by atoms with Crippen LogP contribution in [0.25, 0.3) is 0 Å². The third-order valence-corrected chi connectivity index (χ3v) is 6.72. The lowest BCUT2D eigenvalue weighted by molar-refractivity contribution is 0.289. The molecule has 0 bridgehead atoms. The van der Waals surface area contributed by atoms with Gasteiger partial charge in [-0.1, -0.05) is 60.7 Å². The smallest absolute Gasteiger partial charge is 0.161 e. The van der Waals surface area contributed by atoms with Gasteiger partial charge in [0, 0.05) is 35.6 Å². The van der Waals surface area contributed by atoms with Crippen LogP contribution in [-0.2, 0) is 25.9 Å². The van der Waals surface area contributed by atoms with Crippen LogP contribution in [0.2, 0.25) is 0 Å². The third kappa shape index (κ3) is 4.32. The maximum atomic E-state index is 5.91. The third-order valence-electron chi connectivity index (χ3n) is 6.72. The van der Waals surface area contributed by atoms with Crippen molar-refractivity contribution >= 4 is 11.4 Å². The van der Waals surface area contributed by atoms with Crippen LogP contribution < -0.4 is 19.3 Å². The van der Waals surface area contributed by atoms with Crippen LogP contribution in [0.15, 0.2) is 97.1 Å². The van der Waals surface area contributed by atoms with Crippen molar-refractivity contribution in [3.05, 3.63) is 119 Å². The Balaban J connectivity index is 1.05. The Morgan fingerprint density at radius 1 is 0.500 bits per heavy atom. The lowest BCUT2D eigenvalue weighted by Gasteiger charge is -2.31. The molecule has 4 aromatic carbocycles. The zero-order valence-corrected chi connectivity index (χ0v) is 19.2. The molecule has 0 fully saturated rings. The Morgan fingerprint density at radius 3 is 1.35 bits per heavy atom. The molecule has 2 heterocycles. The molecule has 0 saturated carbocycles. The highest BCUT2D eigenvalue weighted by Crippen LogP contribution is 2.29. The SMILES string of the molecule is c1ccc2c(c1)CN(c1ccc(CCc3ccc(N4COc5ccccc5C4)cc3)cc1)CO2. The summed E-state index contributed by atoms with van der Waals surface area (Å²) in [6.07, 6.45) is 2.05. The van der Waals surface area contributed by atoms with Gasteiger partial charge in [0.25, 0.3) is 0 Å². The molecule has 6 rings (SSSR count). The van der Waals surface area contributed by atoms with Crippen molar-refractivity contribution in [2.45, 2.75) is 25.9 Å². The zero-order valence-electron chi connectivity index (χ0n) is 19.2. The van der Waals surface area contributed by atoms with E-state index in [1.165, 1.54) is 33.6 Å². The topological polar surface area (TPSA) is 24.9 Å². The van der Waals surface area contributed by atoms with Gasteiger partial charge in [0.1, 0.15) is 11.5 Å². The van der Waals surface area contributed by atoms with E-state index in [4.69, 9.17) is 9.47 Å². The van der Waals surface area contributed by atoms with Crippen LogP contribution >= 0.6 is 0 Å².